The zero-order valence-corrected chi connectivity index (χ0v) is 17.2. The van der Waals surface area contributed by atoms with E-state index in [0.29, 0.717) is 19.1 Å². The summed E-state index contributed by atoms with van der Waals surface area (Å²) in [7, 11) is 0. The first-order valence-corrected chi connectivity index (χ1v) is 10.8. The predicted octanol–water partition coefficient (Wildman–Crippen LogP) is 2.77. The number of hydrogen-bond donors (Lipinski definition) is 1. The maximum atomic E-state index is 12.8. The Bertz CT molecular complexity index is 710. The second-order valence-corrected chi connectivity index (χ2v) is 8.33. The maximum Gasteiger partial charge on any atom is 0.490 e. The number of ether oxygens (including phenoxy) is 1. The lowest BCUT2D eigenvalue weighted by Crippen LogP contribution is -2.53. The summed E-state index contributed by atoms with van der Waals surface area (Å²) < 4.78 is 37.7. The Morgan fingerprint density at radius 1 is 1.23 bits per heavy atom. The third-order valence-electron chi connectivity index (χ3n) is 5.50. The number of hydroxylamine groups is 2. The number of carbonyl (C=O) groups excluding carboxylic acids is 1. The van der Waals surface area contributed by atoms with E-state index in [1.54, 1.807) is 16.4 Å². The molecule has 11 heteroatoms. The normalized spacial score (nSPS) is 27.2. The lowest BCUT2D eigenvalue weighted by Gasteiger charge is -2.45. The molecule has 3 atom stereocenters. The molecule has 0 aromatic carbocycles. The maximum absolute atomic E-state index is 12.8. The van der Waals surface area contributed by atoms with Gasteiger partial charge in [-0.2, -0.15) is 24.5 Å². The van der Waals surface area contributed by atoms with Crippen LogP contribution in [0.3, 0.4) is 0 Å². The molecule has 3 fully saturated rings. The van der Waals surface area contributed by atoms with Crippen molar-refractivity contribution in [1.82, 2.24) is 9.96 Å². The standard InChI is InChI=1S/C17H24N2O3S.C2HF3O2/c20-17(19-5-1-7-22-19)14-3-8-21-16-2-6-18(11-15(14)16)10-13-4-9-23-12-13;3-2(4,5)1(6)7/h4,9,12,14-16H,1-3,5-8,10-11H2;(H,6,7)/t14-,15+,16-;/m1./s1. The number of carbonyl (C=O) groups is 2. The quantitative estimate of drug-likeness (QED) is 0.763. The lowest BCUT2D eigenvalue weighted by molar-refractivity contribution is -0.192. The minimum Gasteiger partial charge on any atom is -0.475 e. The predicted molar refractivity (Wildman–Crippen MR) is 102 cm³/mol. The van der Waals surface area contributed by atoms with E-state index in [1.807, 2.05) is 0 Å². The Labute approximate surface area is 176 Å². The highest BCUT2D eigenvalue weighted by Gasteiger charge is 2.43. The molecule has 1 amide bonds. The number of likely N-dealkylation sites (tertiary alicyclic amines) is 1. The second kappa shape index (κ2) is 10.1. The first-order valence-electron chi connectivity index (χ1n) is 9.85. The SMILES string of the molecule is O=C(O)C(F)(F)F.O=C([C@@H]1CCO[C@@H]2CCN(Cc3ccsc3)C[C@H]21)N1CCCO1. The average Bonchev–Trinajstić information content (AvgIpc) is 3.41. The molecule has 0 radical (unpaired) electrons. The minimum absolute atomic E-state index is 0.0529. The van der Waals surface area contributed by atoms with E-state index in [2.05, 4.69) is 21.7 Å². The van der Waals surface area contributed by atoms with Crippen molar-refractivity contribution in [1.29, 1.82) is 0 Å². The van der Waals surface area contributed by atoms with E-state index in [1.165, 1.54) is 5.56 Å². The summed E-state index contributed by atoms with van der Waals surface area (Å²) >= 11 is 1.74. The number of hydrogen-bond acceptors (Lipinski definition) is 6. The van der Waals surface area contributed by atoms with Gasteiger partial charge in [-0.3, -0.25) is 14.5 Å². The number of carboxylic acid groups (broad SMARTS) is 1. The Morgan fingerprint density at radius 3 is 2.60 bits per heavy atom. The third kappa shape index (κ3) is 5.93. The van der Waals surface area contributed by atoms with Gasteiger partial charge >= 0.3 is 12.1 Å². The molecule has 0 bridgehead atoms. The minimum atomic E-state index is -5.08. The topological polar surface area (TPSA) is 79.3 Å². The number of amides is 1. The summed E-state index contributed by atoms with van der Waals surface area (Å²) in [5.74, 6) is -2.23. The van der Waals surface area contributed by atoms with Gasteiger partial charge in [0.15, 0.2) is 0 Å². The molecule has 4 heterocycles. The molecule has 7 nitrogen and oxygen atoms in total. The van der Waals surface area contributed by atoms with Crippen LogP contribution in [0.1, 0.15) is 24.8 Å². The van der Waals surface area contributed by atoms with E-state index in [9.17, 15) is 18.0 Å². The molecule has 3 saturated heterocycles. The van der Waals surface area contributed by atoms with Crippen molar-refractivity contribution in [3.8, 4) is 0 Å². The van der Waals surface area contributed by atoms with Gasteiger partial charge in [-0.1, -0.05) is 0 Å². The van der Waals surface area contributed by atoms with Gasteiger partial charge in [0, 0.05) is 38.1 Å². The fourth-order valence-electron chi connectivity index (χ4n) is 4.08. The molecule has 0 unspecified atom stereocenters. The summed E-state index contributed by atoms with van der Waals surface area (Å²) in [6.07, 6.45) is -2.04. The summed E-state index contributed by atoms with van der Waals surface area (Å²) in [6, 6.07) is 2.19. The van der Waals surface area contributed by atoms with Gasteiger partial charge in [0.05, 0.1) is 19.3 Å². The molecule has 0 saturated carbocycles. The van der Waals surface area contributed by atoms with Gasteiger partial charge in [-0.05, 0) is 41.7 Å². The number of halogens is 3. The second-order valence-electron chi connectivity index (χ2n) is 7.55. The van der Waals surface area contributed by atoms with Crippen LogP contribution in [-0.2, 0) is 25.7 Å². The average molecular weight is 450 g/mol. The van der Waals surface area contributed by atoms with E-state index >= 15 is 0 Å². The van der Waals surface area contributed by atoms with Crippen LogP contribution in [0.25, 0.3) is 0 Å². The van der Waals surface area contributed by atoms with Crippen molar-refractivity contribution in [2.24, 2.45) is 11.8 Å². The van der Waals surface area contributed by atoms with Crippen LogP contribution in [0, 0.1) is 11.8 Å². The van der Waals surface area contributed by atoms with Crippen molar-refractivity contribution in [2.75, 3.05) is 32.8 Å². The fourth-order valence-corrected chi connectivity index (χ4v) is 4.74. The number of carboxylic acids is 1. The molecule has 168 valence electrons. The number of piperidine rings is 1. The number of aliphatic carboxylic acids is 1. The van der Waals surface area contributed by atoms with Crippen LogP contribution in [-0.4, -0.2) is 72.1 Å². The lowest BCUT2D eigenvalue weighted by atomic mass is 9.79. The molecule has 1 aromatic heterocycles. The number of thiophene rings is 1. The van der Waals surface area contributed by atoms with Crippen LogP contribution >= 0.6 is 11.3 Å². The molecule has 0 aliphatic carbocycles. The number of alkyl halides is 3. The Hall–Kier alpha value is -1.69. The molecule has 1 aromatic rings. The largest absolute Gasteiger partial charge is 0.490 e. The van der Waals surface area contributed by atoms with Gasteiger partial charge in [-0.15, -0.1) is 0 Å². The van der Waals surface area contributed by atoms with Crippen LogP contribution in [0.2, 0.25) is 0 Å². The third-order valence-corrected chi connectivity index (χ3v) is 6.23. The number of rotatable bonds is 3. The highest BCUT2D eigenvalue weighted by molar-refractivity contribution is 7.07. The monoisotopic (exact) mass is 450 g/mol. The highest BCUT2D eigenvalue weighted by atomic mass is 32.1. The summed E-state index contributed by atoms with van der Waals surface area (Å²) in [6.45, 7) is 5.10. The van der Waals surface area contributed by atoms with Crippen molar-refractivity contribution >= 4 is 23.2 Å². The molecule has 4 rings (SSSR count). The highest BCUT2D eigenvalue weighted by Crippen LogP contribution is 2.35. The number of nitrogens with zero attached hydrogens (tertiary/aromatic N) is 2. The molecule has 30 heavy (non-hydrogen) atoms. The molecule has 3 aliphatic rings. The molecule has 1 N–H and O–H groups in total. The van der Waals surface area contributed by atoms with Crippen molar-refractivity contribution in [2.45, 2.75) is 38.1 Å². The fraction of sp³-hybridized carbons (Fsp3) is 0.684. The van der Waals surface area contributed by atoms with E-state index in [0.717, 1.165) is 45.4 Å². The molecular formula is C19H25F3N2O5S. The Morgan fingerprint density at radius 2 is 2.00 bits per heavy atom. The van der Waals surface area contributed by atoms with Crippen LogP contribution in [0.15, 0.2) is 16.8 Å². The molecule has 3 aliphatic heterocycles. The van der Waals surface area contributed by atoms with E-state index < -0.39 is 12.1 Å². The van der Waals surface area contributed by atoms with Gasteiger partial charge in [0.1, 0.15) is 0 Å². The van der Waals surface area contributed by atoms with Gasteiger partial charge < -0.3 is 9.84 Å². The summed E-state index contributed by atoms with van der Waals surface area (Å²) in [5, 5.41) is 13.1. The van der Waals surface area contributed by atoms with Gasteiger partial charge in [-0.25, -0.2) is 9.86 Å². The van der Waals surface area contributed by atoms with Crippen LogP contribution in [0.5, 0.6) is 0 Å². The summed E-state index contributed by atoms with van der Waals surface area (Å²) in [5.41, 5.74) is 1.37. The molecular weight excluding hydrogens is 425 g/mol. The molecule has 0 spiro atoms. The first kappa shape index (κ1) is 23.0. The Balaban J connectivity index is 0.000000318. The van der Waals surface area contributed by atoms with Crippen molar-refractivity contribution < 1.29 is 37.4 Å². The first-order chi connectivity index (χ1) is 14.3. The van der Waals surface area contributed by atoms with E-state index in [4.69, 9.17) is 19.5 Å². The summed E-state index contributed by atoms with van der Waals surface area (Å²) in [4.78, 5) is 29.7. The van der Waals surface area contributed by atoms with E-state index in [-0.39, 0.29) is 17.9 Å². The van der Waals surface area contributed by atoms with Gasteiger partial charge in [0.2, 0.25) is 5.91 Å². The van der Waals surface area contributed by atoms with Crippen molar-refractivity contribution in [3.05, 3.63) is 22.4 Å². The zero-order valence-electron chi connectivity index (χ0n) is 16.3. The zero-order chi connectivity index (χ0) is 21.7. The van der Waals surface area contributed by atoms with Crippen LogP contribution in [0.4, 0.5) is 13.2 Å². The smallest absolute Gasteiger partial charge is 0.475 e. The van der Waals surface area contributed by atoms with Crippen molar-refractivity contribution in [3.63, 3.8) is 0 Å². The Kier molecular flexibility index (Phi) is 7.72. The van der Waals surface area contributed by atoms with Crippen LogP contribution < -0.4 is 0 Å². The van der Waals surface area contributed by atoms with Gasteiger partial charge in [0.25, 0.3) is 0 Å². The number of fused-ring (bicyclic) bond motifs is 1.